The van der Waals surface area contributed by atoms with Gasteiger partial charge < -0.3 is 0 Å². The summed E-state index contributed by atoms with van der Waals surface area (Å²) in [6.07, 6.45) is 4.71. The third-order valence-corrected chi connectivity index (χ3v) is 3.68. The van der Waals surface area contributed by atoms with E-state index in [0.717, 1.165) is 22.8 Å². The van der Waals surface area contributed by atoms with Crippen molar-refractivity contribution in [3.8, 4) is 5.69 Å². The number of anilines is 1. The Labute approximate surface area is 146 Å². The van der Waals surface area contributed by atoms with E-state index in [1.54, 1.807) is 6.08 Å². The maximum atomic E-state index is 12.0. The van der Waals surface area contributed by atoms with Gasteiger partial charge in [0, 0.05) is 17.6 Å². The van der Waals surface area contributed by atoms with Gasteiger partial charge in [0.1, 0.15) is 12.1 Å². The fourth-order valence-electron chi connectivity index (χ4n) is 1.97. The van der Waals surface area contributed by atoms with Crippen molar-refractivity contribution in [3.63, 3.8) is 0 Å². The first kappa shape index (κ1) is 16.6. The van der Waals surface area contributed by atoms with Crippen LogP contribution in [0.3, 0.4) is 0 Å². The highest BCUT2D eigenvalue weighted by Crippen LogP contribution is 2.13. The van der Waals surface area contributed by atoms with Crippen molar-refractivity contribution in [2.45, 2.75) is 13.3 Å². The molecule has 0 fully saturated rings. The van der Waals surface area contributed by atoms with Gasteiger partial charge in [-0.25, -0.2) is 9.67 Å². The molecule has 3 rings (SSSR count). The zero-order valence-electron chi connectivity index (χ0n) is 13.2. The quantitative estimate of drug-likeness (QED) is 0.662. The number of carbonyl (C=O) groups is 2. The summed E-state index contributed by atoms with van der Waals surface area (Å²) < 4.78 is 5.54. The molecule has 1 N–H and O–H groups in total. The first-order valence-electron chi connectivity index (χ1n) is 7.24. The van der Waals surface area contributed by atoms with Crippen LogP contribution < -0.4 is 5.32 Å². The third-order valence-electron chi connectivity index (χ3n) is 3.02. The standard InChI is InChI=1S/C15H13N7O2S/c1-10(23)7-13-17-15(25-19-13)18-14(24)6-5-11-3-2-4-12(8-11)22-9-16-20-21-22/h2-6,8-9H,7H2,1H3,(H,17,18,19,24)/b6-5+. The lowest BCUT2D eigenvalue weighted by Crippen LogP contribution is -2.07. The monoisotopic (exact) mass is 355 g/mol. The van der Waals surface area contributed by atoms with Crippen molar-refractivity contribution in [3.05, 3.63) is 48.1 Å². The van der Waals surface area contributed by atoms with Gasteiger partial charge in [0.25, 0.3) is 0 Å². The van der Waals surface area contributed by atoms with Crippen LogP contribution in [-0.4, -0.2) is 41.3 Å². The normalized spacial score (nSPS) is 10.9. The molecule has 0 radical (unpaired) electrons. The molecule has 126 valence electrons. The molecule has 0 aliphatic carbocycles. The summed E-state index contributed by atoms with van der Waals surface area (Å²) in [5.74, 6) is 0.0438. The molecule has 0 bridgehead atoms. The number of Topliss-reactive ketones (excluding diaryl/α,β-unsaturated/α-hetero) is 1. The molecule has 0 atom stereocenters. The van der Waals surface area contributed by atoms with Gasteiger partial charge in [0.2, 0.25) is 11.0 Å². The summed E-state index contributed by atoms with van der Waals surface area (Å²) in [6.45, 7) is 1.46. The largest absolute Gasteiger partial charge is 0.300 e. The van der Waals surface area contributed by atoms with Crippen LogP contribution in [0.5, 0.6) is 0 Å². The van der Waals surface area contributed by atoms with Crippen molar-refractivity contribution in [2.24, 2.45) is 0 Å². The number of rotatable bonds is 6. The second-order valence-corrected chi connectivity index (χ2v) is 5.82. The van der Waals surface area contributed by atoms with Crippen LogP contribution in [0.15, 0.2) is 36.7 Å². The second kappa shape index (κ2) is 7.53. The summed E-state index contributed by atoms with van der Waals surface area (Å²) in [5.41, 5.74) is 1.60. The topological polar surface area (TPSA) is 116 Å². The summed E-state index contributed by atoms with van der Waals surface area (Å²) in [5, 5.41) is 14.0. The Morgan fingerprint density at radius 2 is 2.24 bits per heavy atom. The van der Waals surface area contributed by atoms with Crippen LogP contribution in [0.25, 0.3) is 11.8 Å². The maximum absolute atomic E-state index is 12.0. The van der Waals surface area contributed by atoms with Gasteiger partial charge in [-0.05, 0) is 41.1 Å². The van der Waals surface area contributed by atoms with Crippen LogP contribution in [-0.2, 0) is 16.0 Å². The fraction of sp³-hybridized carbons (Fsp3) is 0.133. The highest BCUT2D eigenvalue weighted by atomic mass is 32.1. The van der Waals surface area contributed by atoms with Crippen LogP contribution in [0.4, 0.5) is 5.13 Å². The molecule has 2 heterocycles. The predicted molar refractivity (Wildman–Crippen MR) is 91.1 cm³/mol. The van der Waals surface area contributed by atoms with E-state index in [-0.39, 0.29) is 18.1 Å². The third kappa shape index (κ3) is 4.61. The van der Waals surface area contributed by atoms with Crippen molar-refractivity contribution < 1.29 is 9.59 Å². The number of hydrogen-bond acceptors (Lipinski definition) is 8. The van der Waals surface area contributed by atoms with E-state index in [1.807, 2.05) is 24.3 Å². The van der Waals surface area contributed by atoms with E-state index in [9.17, 15) is 9.59 Å². The van der Waals surface area contributed by atoms with Crippen LogP contribution in [0, 0.1) is 0 Å². The Bertz CT molecular complexity index is 918. The highest BCUT2D eigenvalue weighted by Gasteiger charge is 2.08. The number of hydrogen-bond donors (Lipinski definition) is 1. The number of tetrazole rings is 1. The van der Waals surface area contributed by atoms with E-state index in [4.69, 9.17) is 0 Å². The SMILES string of the molecule is CC(=O)Cc1nsc(NC(=O)/C=C/c2cccc(-n3cnnn3)c2)n1. The minimum absolute atomic E-state index is 0.0296. The molecule has 25 heavy (non-hydrogen) atoms. The zero-order valence-corrected chi connectivity index (χ0v) is 14.0. The molecule has 3 aromatic rings. The number of carbonyl (C=O) groups excluding carboxylic acids is 2. The molecule has 10 heteroatoms. The van der Waals surface area contributed by atoms with E-state index in [0.29, 0.717) is 11.0 Å². The Morgan fingerprint density at radius 3 is 3.00 bits per heavy atom. The molecule has 1 aromatic carbocycles. The number of amides is 1. The van der Waals surface area contributed by atoms with E-state index in [1.165, 1.54) is 24.0 Å². The predicted octanol–water partition coefficient (Wildman–Crippen LogP) is 1.30. The number of aromatic nitrogens is 6. The summed E-state index contributed by atoms with van der Waals surface area (Å²) >= 11 is 1.04. The molecule has 9 nitrogen and oxygen atoms in total. The molecule has 0 aliphatic heterocycles. The smallest absolute Gasteiger partial charge is 0.250 e. The van der Waals surface area contributed by atoms with Crippen molar-refractivity contribution >= 4 is 34.4 Å². The molecule has 0 saturated carbocycles. The average molecular weight is 355 g/mol. The lowest BCUT2D eigenvalue weighted by atomic mass is 10.2. The molecular weight excluding hydrogens is 342 g/mol. The molecule has 2 aromatic heterocycles. The Hall–Kier alpha value is -3.27. The van der Waals surface area contributed by atoms with E-state index >= 15 is 0 Å². The van der Waals surface area contributed by atoms with Gasteiger partial charge in [-0.3, -0.25) is 14.9 Å². The molecule has 0 spiro atoms. The zero-order chi connectivity index (χ0) is 17.6. The van der Waals surface area contributed by atoms with Crippen molar-refractivity contribution in [1.29, 1.82) is 0 Å². The van der Waals surface area contributed by atoms with E-state index < -0.39 is 0 Å². The Balaban J connectivity index is 1.64. The Morgan fingerprint density at radius 1 is 1.36 bits per heavy atom. The molecule has 0 saturated heterocycles. The molecule has 1 amide bonds. The van der Waals surface area contributed by atoms with Gasteiger partial charge in [-0.1, -0.05) is 12.1 Å². The second-order valence-electron chi connectivity index (χ2n) is 5.07. The number of nitrogens with one attached hydrogen (secondary N) is 1. The summed E-state index contributed by atoms with van der Waals surface area (Å²) in [6, 6.07) is 7.39. The molecular formula is C15H13N7O2S. The number of benzene rings is 1. The van der Waals surface area contributed by atoms with Gasteiger partial charge in [-0.2, -0.15) is 4.37 Å². The summed E-state index contributed by atoms with van der Waals surface area (Å²) in [4.78, 5) is 27.1. The number of ketones is 1. The van der Waals surface area contributed by atoms with E-state index in [2.05, 4.69) is 30.2 Å². The molecule has 0 unspecified atom stereocenters. The van der Waals surface area contributed by atoms with Crippen LogP contribution in [0.1, 0.15) is 18.3 Å². The average Bonchev–Trinajstić information content (AvgIpc) is 3.25. The summed E-state index contributed by atoms with van der Waals surface area (Å²) in [7, 11) is 0. The van der Waals surface area contributed by atoms with Crippen molar-refractivity contribution in [1.82, 2.24) is 29.6 Å². The first-order valence-corrected chi connectivity index (χ1v) is 8.02. The fourth-order valence-corrected chi connectivity index (χ4v) is 2.56. The first-order chi connectivity index (χ1) is 12.1. The minimum atomic E-state index is -0.335. The minimum Gasteiger partial charge on any atom is -0.300 e. The van der Waals surface area contributed by atoms with Crippen LogP contribution in [0.2, 0.25) is 0 Å². The maximum Gasteiger partial charge on any atom is 0.250 e. The lowest BCUT2D eigenvalue weighted by Gasteiger charge is -2.00. The van der Waals surface area contributed by atoms with Gasteiger partial charge >= 0.3 is 0 Å². The number of nitrogens with zero attached hydrogens (tertiary/aromatic N) is 6. The molecule has 0 aliphatic rings. The highest BCUT2D eigenvalue weighted by molar-refractivity contribution is 7.09. The van der Waals surface area contributed by atoms with Crippen LogP contribution >= 0.6 is 11.5 Å². The van der Waals surface area contributed by atoms with Gasteiger partial charge in [0.15, 0.2) is 5.82 Å². The Kier molecular flexibility index (Phi) is 5.00. The lowest BCUT2D eigenvalue weighted by molar-refractivity contribution is -0.116. The van der Waals surface area contributed by atoms with Gasteiger partial charge in [-0.15, -0.1) is 5.10 Å². The van der Waals surface area contributed by atoms with Crippen molar-refractivity contribution in [2.75, 3.05) is 5.32 Å². The van der Waals surface area contributed by atoms with Gasteiger partial charge in [0.05, 0.1) is 12.1 Å².